The standard InChI is InChI=1S/C4H6O5.Ti/c5-2(4(8)9)1-3(6)7;/h2,5H,1H2,(H,6,7)(H,8,9);/q;+2/p-2. The molecule has 1 N–H and O–H groups in total. The smallest absolute Gasteiger partial charge is 0.550 e. The molecule has 1 unspecified atom stereocenters. The van der Waals surface area contributed by atoms with Crippen LogP contribution < -0.4 is 10.2 Å². The van der Waals surface area contributed by atoms with E-state index in [4.69, 9.17) is 5.11 Å². The van der Waals surface area contributed by atoms with Crippen LogP contribution in [0.5, 0.6) is 0 Å². The van der Waals surface area contributed by atoms with Crippen molar-refractivity contribution in [1.29, 1.82) is 0 Å². The van der Waals surface area contributed by atoms with Crippen LogP contribution >= 0.6 is 0 Å². The van der Waals surface area contributed by atoms with Crippen molar-refractivity contribution in [3.05, 3.63) is 0 Å². The van der Waals surface area contributed by atoms with Crippen molar-refractivity contribution in [1.82, 2.24) is 0 Å². The van der Waals surface area contributed by atoms with Gasteiger partial charge in [0.1, 0.15) is 0 Å². The molecule has 0 rings (SSSR count). The number of carboxylic acid groups (broad SMARTS) is 2. The maximum atomic E-state index is 9.58. The van der Waals surface area contributed by atoms with Gasteiger partial charge in [-0.1, -0.05) is 0 Å². The van der Waals surface area contributed by atoms with Crippen LogP contribution in [0.3, 0.4) is 0 Å². The van der Waals surface area contributed by atoms with Crippen LogP contribution in [0.25, 0.3) is 0 Å². The van der Waals surface area contributed by atoms with Gasteiger partial charge < -0.3 is 24.9 Å². The molecule has 0 saturated heterocycles. The molecule has 5 nitrogen and oxygen atoms in total. The molecule has 6 heteroatoms. The van der Waals surface area contributed by atoms with Gasteiger partial charge in [0.25, 0.3) is 0 Å². The zero-order valence-corrected chi connectivity index (χ0v) is 6.43. The first-order valence-electron chi connectivity index (χ1n) is 2.13. The molecule has 0 aliphatic heterocycles. The molecule has 0 saturated carbocycles. The zero-order valence-electron chi connectivity index (χ0n) is 4.86. The van der Waals surface area contributed by atoms with E-state index in [-0.39, 0.29) is 21.7 Å². The number of carboxylic acids is 2. The summed E-state index contributed by atoms with van der Waals surface area (Å²) in [7, 11) is 0. The second-order valence-corrected chi connectivity index (χ2v) is 1.41. The molecule has 0 heterocycles. The summed E-state index contributed by atoms with van der Waals surface area (Å²) in [6, 6.07) is 0. The molecule has 0 aliphatic rings. The fourth-order valence-corrected chi connectivity index (χ4v) is 0.241. The van der Waals surface area contributed by atoms with Crippen molar-refractivity contribution < 1.29 is 46.6 Å². The maximum absolute atomic E-state index is 9.58. The van der Waals surface area contributed by atoms with Crippen LogP contribution in [0.15, 0.2) is 0 Å². The average Bonchev–Trinajstić information content (AvgIpc) is 1.63. The van der Waals surface area contributed by atoms with Gasteiger partial charge >= 0.3 is 21.7 Å². The summed E-state index contributed by atoms with van der Waals surface area (Å²) in [6.07, 6.45) is -2.89. The van der Waals surface area contributed by atoms with Gasteiger partial charge in [0.2, 0.25) is 0 Å². The molecule has 10 heavy (non-hydrogen) atoms. The number of aliphatic carboxylic acids is 2. The third-order valence-electron chi connectivity index (χ3n) is 0.632. The van der Waals surface area contributed by atoms with Crippen LogP contribution in [0.1, 0.15) is 6.42 Å². The molecule has 0 amide bonds. The summed E-state index contributed by atoms with van der Waals surface area (Å²) in [5.41, 5.74) is 0. The van der Waals surface area contributed by atoms with Crippen LogP contribution in [-0.2, 0) is 31.3 Å². The molecule has 1 atom stereocenters. The number of carbonyl (C=O) groups is 2. The Morgan fingerprint density at radius 1 is 1.40 bits per heavy atom. The Morgan fingerprint density at radius 2 is 1.80 bits per heavy atom. The molecular formula is C4H4O5Ti. The Labute approximate surface area is 71.5 Å². The van der Waals surface area contributed by atoms with E-state index in [0.717, 1.165) is 0 Å². The zero-order chi connectivity index (χ0) is 7.44. The van der Waals surface area contributed by atoms with E-state index in [2.05, 4.69) is 0 Å². The van der Waals surface area contributed by atoms with Crippen LogP contribution in [0.2, 0.25) is 0 Å². The third kappa shape index (κ3) is 5.75. The topological polar surface area (TPSA) is 100 Å². The first-order chi connectivity index (χ1) is 4.04. The predicted octanol–water partition coefficient (Wildman–Crippen LogP) is -3.77. The van der Waals surface area contributed by atoms with Crippen LogP contribution in [0, 0.1) is 0 Å². The number of rotatable bonds is 3. The van der Waals surface area contributed by atoms with Crippen molar-refractivity contribution in [3.8, 4) is 0 Å². The second kappa shape index (κ2) is 5.40. The van der Waals surface area contributed by atoms with Gasteiger partial charge in [0.05, 0.1) is 12.1 Å². The summed E-state index contributed by atoms with van der Waals surface area (Å²) in [6.45, 7) is 0. The monoisotopic (exact) mass is 180 g/mol. The van der Waals surface area contributed by atoms with Crippen LogP contribution in [0.4, 0.5) is 0 Å². The molecule has 0 aromatic carbocycles. The van der Waals surface area contributed by atoms with Gasteiger partial charge in [-0.2, -0.15) is 0 Å². The number of hydrogen-bond donors (Lipinski definition) is 1. The molecule has 54 valence electrons. The quantitative estimate of drug-likeness (QED) is 0.449. The Hall–Kier alpha value is -0.386. The van der Waals surface area contributed by atoms with E-state index in [1.165, 1.54) is 0 Å². The number of hydrogen-bond acceptors (Lipinski definition) is 5. The van der Waals surface area contributed by atoms with Crippen LogP contribution in [-0.4, -0.2) is 23.1 Å². The van der Waals surface area contributed by atoms with Gasteiger partial charge in [0.15, 0.2) is 0 Å². The summed E-state index contributed by atoms with van der Waals surface area (Å²) >= 11 is 0. The van der Waals surface area contributed by atoms with Crippen molar-refractivity contribution in [2.75, 3.05) is 0 Å². The average molecular weight is 180 g/mol. The van der Waals surface area contributed by atoms with E-state index < -0.39 is 24.5 Å². The largest absolute Gasteiger partial charge is 2.00 e. The van der Waals surface area contributed by atoms with Gasteiger partial charge in [0, 0.05) is 12.4 Å². The van der Waals surface area contributed by atoms with Crippen molar-refractivity contribution in [2.45, 2.75) is 12.5 Å². The summed E-state index contributed by atoms with van der Waals surface area (Å²) in [5, 5.41) is 27.3. The minimum Gasteiger partial charge on any atom is -0.550 e. The van der Waals surface area contributed by atoms with E-state index >= 15 is 0 Å². The molecule has 0 aromatic rings. The molecule has 0 spiro atoms. The minimum absolute atomic E-state index is 0. The van der Waals surface area contributed by atoms with E-state index in [0.29, 0.717) is 0 Å². The number of aliphatic hydroxyl groups is 1. The Kier molecular flexibility index (Phi) is 6.65. The summed E-state index contributed by atoms with van der Waals surface area (Å²) in [4.78, 5) is 19.1. The van der Waals surface area contributed by atoms with E-state index in [9.17, 15) is 19.8 Å². The second-order valence-electron chi connectivity index (χ2n) is 1.41. The predicted molar refractivity (Wildman–Crippen MR) is 20.6 cm³/mol. The number of carbonyl (C=O) groups excluding carboxylic acids is 2. The fraction of sp³-hybridized carbons (Fsp3) is 0.500. The first-order valence-corrected chi connectivity index (χ1v) is 2.13. The normalized spacial score (nSPS) is 11.3. The van der Waals surface area contributed by atoms with Crippen molar-refractivity contribution in [2.24, 2.45) is 0 Å². The Morgan fingerprint density at radius 3 is 1.90 bits per heavy atom. The maximum Gasteiger partial charge on any atom is 2.00 e. The molecule has 0 fully saturated rings. The van der Waals surface area contributed by atoms with E-state index in [1.807, 2.05) is 0 Å². The molecule has 0 aromatic heterocycles. The van der Waals surface area contributed by atoms with Gasteiger partial charge in [-0.05, 0) is 0 Å². The summed E-state index contributed by atoms with van der Waals surface area (Å²) < 4.78 is 0. The summed E-state index contributed by atoms with van der Waals surface area (Å²) in [5.74, 6) is -3.43. The third-order valence-corrected chi connectivity index (χ3v) is 0.632. The molecular weight excluding hydrogens is 176 g/mol. The van der Waals surface area contributed by atoms with Crippen molar-refractivity contribution in [3.63, 3.8) is 0 Å². The number of aliphatic hydroxyl groups excluding tert-OH is 1. The SMILES string of the molecule is O=C([O-])CC(O)C(=O)[O-].[Ti+2]. The molecule has 0 aliphatic carbocycles. The Balaban J connectivity index is 0. The molecule has 0 radical (unpaired) electrons. The van der Waals surface area contributed by atoms with Gasteiger partial charge in [-0.3, -0.25) is 0 Å². The van der Waals surface area contributed by atoms with Crippen molar-refractivity contribution >= 4 is 11.9 Å². The Bertz CT molecular complexity index is 134. The first kappa shape index (κ1) is 12.3. The van der Waals surface area contributed by atoms with Gasteiger partial charge in [-0.25, -0.2) is 0 Å². The fourth-order valence-electron chi connectivity index (χ4n) is 0.241. The van der Waals surface area contributed by atoms with Gasteiger partial charge in [-0.15, -0.1) is 0 Å². The molecule has 0 bridgehead atoms. The van der Waals surface area contributed by atoms with E-state index in [1.54, 1.807) is 0 Å². The minimum atomic E-state index is -1.96.